The molecule has 2 aromatic rings. The van der Waals surface area contributed by atoms with Crippen LogP contribution in [0.5, 0.6) is 5.75 Å². The van der Waals surface area contributed by atoms with Gasteiger partial charge in [-0.3, -0.25) is 9.80 Å². The zero-order valence-electron chi connectivity index (χ0n) is 21.6. The minimum absolute atomic E-state index is 0.0506. The number of halogens is 1. The first-order valence-electron chi connectivity index (χ1n) is 12.0. The summed E-state index contributed by atoms with van der Waals surface area (Å²) in [6.07, 6.45) is -0.380. The van der Waals surface area contributed by atoms with Gasteiger partial charge in [0.15, 0.2) is 0 Å². The van der Waals surface area contributed by atoms with Crippen molar-refractivity contribution in [1.29, 1.82) is 0 Å². The number of aliphatic hydroxyl groups is 1. The van der Waals surface area contributed by atoms with Gasteiger partial charge in [-0.15, -0.1) is 0 Å². The summed E-state index contributed by atoms with van der Waals surface area (Å²) in [4.78, 5) is 3.96. The second-order valence-electron chi connectivity index (χ2n) is 9.73. The van der Waals surface area contributed by atoms with Crippen molar-refractivity contribution in [3.8, 4) is 17.6 Å². The van der Waals surface area contributed by atoms with Crippen LogP contribution in [0.2, 0.25) is 0 Å². The number of hydrogen-bond donors (Lipinski definition) is 1. The fourth-order valence-electron chi connectivity index (χ4n) is 4.11. The Hall–Kier alpha value is -2.48. The summed E-state index contributed by atoms with van der Waals surface area (Å²) in [5.41, 5.74) is 1.23. The maximum atomic E-state index is 14.2. The molecule has 196 valence electrons. The Bertz CT molecular complexity index is 1210. The molecule has 0 saturated carbocycles. The van der Waals surface area contributed by atoms with Gasteiger partial charge in [-0.05, 0) is 52.3 Å². The lowest BCUT2D eigenvalue weighted by Gasteiger charge is -2.37. The van der Waals surface area contributed by atoms with Crippen LogP contribution < -0.4 is 4.74 Å². The molecule has 7 nitrogen and oxygen atoms in total. The monoisotopic (exact) mass is 517 g/mol. The molecule has 36 heavy (non-hydrogen) atoms. The van der Waals surface area contributed by atoms with E-state index in [2.05, 4.69) is 11.8 Å². The minimum Gasteiger partial charge on any atom is -0.487 e. The molecule has 0 aromatic heterocycles. The lowest BCUT2D eigenvalue weighted by Crippen LogP contribution is -2.49. The Morgan fingerprint density at radius 2 is 1.94 bits per heavy atom. The molecule has 0 unspecified atom stereocenters. The van der Waals surface area contributed by atoms with Gasteiger partial charge >= 0.3 is 0 Å². The Balaban J connectivity index is 1.97. The van der Waals surface area contributed by atoms with E-state index in [9.17, 15) is 17.9 Å². The summed E-state index contributed by atoms with van der Waals surface area (Å²) in [7, 11) is 1.81. The predicted molar refractivity (Wildman–Crippen MR) is 139 cm³/mol. The molecule has 3 atom stereocenters. The van der Waals surface area contributed by atoms with Crippen molar-refractivity contribution in [1.82, 2.24) is 14.1 Å². The molecule has 1 heterocycles. The van der Waals surface area contributed by atoms with Gasteiger partial charge in [-0.1, -0.05) is 37.0 Å². The Labute approximate surface area is 214 Å². The smallest absolute Gasteiger partial charge is 0.247 e. The summed E-state index contributed by atoms with van der Waals surface area (Å²) < 4.78 is 49.1. The lowest BCUT2D eigenvalue weighted by molar-refractivity contribution is 0.0731. The lowest BCUT2D eigenvalue weighted by atomic mass is 10.0. The standard InChI is InChI=1S/C27H36FN3O4S/c1-20-16-31(21(2)19-32)36(33,34)27-13-12-22(9-8-14-29(3)4)15-25(27)35-26(20)18-30(5)17-23-10-6-7-11-24(23)28/h6-7,10-13,15,20-21,26,32H,14,16-19H2,1-5H3/t20-,21+,26-/m1/s1. The molecule has 2 aromatic carbocycles. The highest BCUT2D eigenvalue weighted by Crippen LogP contribution is 2.34. The number of ether oxygens (including phenoxy) is 1. The molecule has 1 N–H and O–H groups in total. The van der Waals surface area contributed by atoms with Gasteiger partial charge < -0.3 is 9.84 Å². The van der Waals surface area contributed by atoms with Crippen molar-refractivity contribution >= 4 is 10.0 Å². The second kappa shape index (κ2) is 12.2. The Kier molecular flexibility index (Phi) is 9.50. The third-order valence-electron chi connectivity index (χ3n) is 6.18. The van der Waals surface area contributed by atoms with E-state index < -0.39 is 16.1 Å². The maximum absolute atomic E-state index is 14.2. The fraction of sp³-hybridized carbons (Fsp3) is 0.481. The first-order valence-corrected chi connectivity index (χ1v) is 13.5. The molecule has 0 aliphatic carbocycles. The predicted octanol–water partition coefficient (Wildman–Crippen LogP) is 2.64. The fourth-order valence-corrected chi connectivity index (χ4v) is 5.94. The van der Waals surface area contributed by atoms with E-state index >= 15 is 0 Å². The molecule has 3 rings (SSSR count). The van der Waals surface area contributed by atoms with Gasteiger partial charge in [0, 0.05) is 42.7 Å². The topological polar surface area (TPSA) is 73.3 Å². The summed E-state index contributed by atoms with van der Waals surface area (Å²) in [5.74, 6) is 5.90. The number of aliphatic hydroxyl groups excluding tert-OH is 1. The molecule has 0 bridgehead atoms. The molecule has 0 radical (unpaired) electrons. The van der Waals surface area contributed by atoms with Gasteiger partial charge in [-0.25, -0.2) is 12.8 Å². The summed E-state index contributed by atoms with van der Waals surface area (Å²) in [6.45, 7) is 4.91. The van der Waals surface area contributed by atoms with Crippen molar-refractivity contribution < 1.29 is 22.7 Å². The van der Waals surface area contributed by atoms with E-state index in [0.29, 0.717) is 30.8 Å². The van der Waals surface area contributed by atoms with Crippen molar-refractivity contribution in [2.75, 3.05) is 47.4 Å². The van der Waals surface area contributed by atoms with E-state index in [1.165, 1.54) is 16.4 Å². The summed E-state index contributed by atoms with van der Waals surface area (Å²) in [5, 5.41) is 9.80. The van der Waals surface area contributed by atoms with Crippen molar-refractivity contribution in [3.63, 3.8) is 0 Å². The molecular weight excluding hydrogens is 481 g/mol. The normalized spacial score (nSPS) is 20.6. The van der Waals surface area contributed by atoms with Crippen molar-refractivity contribution in [2.24, 2.45) is 5.92 Å². The third kappa shape index (κ3) is 6.84. The number of hydrogen-bond acceptors (Lipinski definition) is 6. The average Bonchev–Trinajstić information content (AvgIpc) is 2.82. The molecular formula is C27H36FN3O4S. The largest absolute Gasteiger partial charge is 0.487 e. The van der Waals surface area contributed by atoms with Crippen LogP contribution in [0.3, 0.4) is 0 Å². The minimum atomic E-state index is -3.91. The molecule has 0 amide bonds. The van der Waals surface area contributed by atoms with Crippen LogP contribution in [0.1, 0.15) is 25.0 Å². The van der Waals surface area contributed by atoms with E-state index in [4.69, 9.17) is 4.74 Å². The number of nitrogens with zero attached hydrogens (tertiary/aromatic N) is 3. The van der Waals surface area contributed by atoms with E-state index in [0.717, 1.165) is 0 Å². The summed E-state index contributed by atoms with van der Waals surface area (Å²) in [6, 6.07) is 10.9. The van der Waals surface area contributed by atoms with Crippen LogP contribution in [0, 0.1) is 23.6 Å². The molecule has 1 aliphatic rings. The van der Waals surface area contributed by atoms with Crippen molar-refractivity contribution in [2.45, 2.75) is 37.4 Å². The van der Waals surface area contributed by atoms with Gasteiger partial charge in [0.25, 0.3) is 0 Å². The highest BCUT2D eigenvalue weighted by molar-refractivity contribution is 7.89. The molecule has 0 saturated heterocycles. The molecule has 0 fully saturated rings. The Morgan fingerprint density at radius 1 is 1.22 bits per heavy atom. The zero-order valence-corrected chi connectivity index (χ0v) is 22.4. The SMILES string of the molecule is C[C@@H]1CN([C@@H](C)CO)S(=O)(=O)c2ccc(C#CCN(C)C)cc2O[C@@H]1CN(C)Cc1ccccc1F. The number of likely N-dealkylation sites (N-methyl/N-ethyl adjacent to an activating group) is 1. The third-order valence-corrected chi connectivity index (χ3v) is 8.20. The first-order chi connectivity index (χ1) is 17.0. The Morgan fingerprint density at radius 3 is 2.61 bits per heavy atom. The summed E-state index contributed by atoms with van der Waals surface area (Å²) >= 11 is 0. The molecule has 1 aliphatic heterocycles. The number of fused-ring (bicyclic) bond motifs is 1. The number of sulfonamides is 1. The van der Waals surface area contributed by atoms with Gasteiger partial charge in [0.05, 0.1) is 13.2 Å². The van der Waals surface area contributed by atoms with Crippen LogP contribution in [-0.2, 0) is 16.6 Å². The van der Waals surface area contributed by atoms with Crippen LogP contribution in [0.4, 0.5) is 4.39 Å². The molecule has 0 spiro atoms. The van der Waals surface area contributed by atoms with E-state index in [1.54, 1.807) is 37.3 Å². The van der Waals surface area contributed by atoms with Crippen molar-refractivity contribution in [3.05, 3.63) is 59.4 Å². The van der Waals surface area contributed by atoms with E-state index in [1.807, 2.05) is 37.9 Å². The van der Waals surface area contributed by atoms with Crippen LogP contribution in [0.15, 0.2) is 47.4 Å². The second-order valence-corrected chi connectivity index (χ2v) is 11.6. The van der Waals surface area contributed by atoms with Crippen LogP contribution in [-0.4, -0.2) is 87.2 Å². The highest BCUT2D eigenvalue weighted by atomic mass is 32.2. The number of benzene rings is 2. The molecule has 9 heteroatoms. The quantitative estimate of drug-likeness (QED) is 0.570. The average molecular weight is 518 g/mol. The van der Waals surface area contributed by atoms with Crippen LogP contribution >= 0.6 is 0 Å². The van der Waals surface area contributed by atoms with Gasteiger partial charge in [-0.2, -0.15) is 4.31 Å². The maximum Gasteiger partial charge on any atom is 0.247 e. The first kappa shape index (κ1) is 28.1. The van der Waals surface area contributed by atoms with Gasteiger partial charge in [0.2, 0.25) is 10.0 Å². The highest BCUT2D eigenvalue weighted by Gasteiger charge is 2.38. The number of rotatable bonds is 7. The van der Waals surface area contributed by atoms with Crippen LogP contribution in [0.25, 0.3) is 0 Å². The zero-order chi connectivity index (χ0) is 26.5. The van der Waals surface area contributed by atoms with E-state index in [-0.39, 0.29) is 41.6 Å². The van der Waals surface area contributed by atoms with Gasteiger partial charge in [0.1, 0.15) is 22.6 Å².